The molecular formula is C11H12F3N3O2. The van der Waals surface area contributed by atoms with Gasteiger partial charge in [0.2, 0.25) is 0 Å². The third kappa shape index (κ3) is 7.59. The van der Waals surface area contributed by atoms with Gasteiger partial charge in [-0.3, -0.25) is 9.78 Å². The number of carboxylic acids is 1. The molecule has 1 heterocycles. The lowest BCUT2D eigenvalue weighted by molar-refractivity contribution is -0.138. The number of carboxylic acid groups (broad SMARTS) is 1. The molecule has 0 saturated heterocycles. The van der Waals surface area contributed by atoms with Gasteiger partial charge in [0.15, 0.2) is 0 Å². The van der Waals surface area contributed by atoms with Gasteiger partial charge < -0.3 is 10.4 Å². The van der Waals surface area contributed by atoms with Crippen molar-refractivity contribution >= 4 is 11.7 Å². The Morgan fingerprint density at radius 2 is 2.11 bits per heavy atom. The molecule has 0 fully saturated rings. The number of hydrogen-bond donors (Lipinski definition) is 2. The highest BCUT2D eigenvalue weighted by molar-refractivity contribution is 5.66. The number of anilines is 1. The largest absolute Gasteiger partial charge is 0.481 e. The molecule has 104 valence electrons. The summed E-state index contributed by atoms with van der Waals surface area (Å²) in [6.45, 7) is 1.55. The standard InChI is InChI=1S/C8H6F3N3.C3H6O2/c9-8(10,11)6-3-7(5-13-4-6)14-2-1-12;1-2-3(4)5/h3-5,14H,2H2;2H2,1H3,(H,4,5). The van der Waals surface area contributed by atoms with Crippen molar-refractivity contribution in [2.24, 2.45) is 0 Å². The van der Waals surface area contributed by atoms with Gasteiger partial charge in [-0.2, -0.15) is 18.4 Å². The summed E-state index contributed by atoms with van der Waals surface area (Å²) in [6, 6.07) is 2.66. The predicted molar refractivity (Wildman–Crippen MR) is 61.3 cm³/mol. The minimum Gasteiger partial charge on any atom is -0.481 e. The zero-order valence-corrected chi connectivity index (χ0v) is 10.0. The third-order valence-corrected chi connectivity index (χ3v) is 1.74. The molecule has 0 radical (unpaired) electrons. The fourth-order valence-corrected chi connectivity index (χ4v) is 0.833. The van der Waals surface area contributed by atoms with Gasteiger partial charge in [0.1, 0.15) is 6.54 Å². The van der Waals surface area contributed by atoms with Crippen molar-refractivity contribution in [3.05, 3.63) is 24.0 Å². The van der Waals surface area contributed by atoms with Crippen LogP contribution in [0.2, 0.25) is 0 Å². The predicted octanol–water partition coefficient (Wildman–Crippen LogP) is 2.52. The van der Waals surface area contributed by atoms with Crippen molar-refractivity contribution < 1.29 is 23.1 Å². The molecule has 0 aromatic carbocycles. The number of nitrogens with zero attached hydrogens (tertiary/aromatic N) is 2. The fraction of sp³-hybridized carbons (Fsp3) is 0.364. The van der Waals surface area contributed by atoms with Crippen LogP contribution in [0.4, 0.5) is 18.9 Å². The van der Waals surface area contributed by atoms with Crippen molar-refractivity contribution in [3.8, 4) is 6.07 Å². The Labute approximate surface area is 107 Å². The van der Waals surface area contributed by atoms with Crippen LogP contribution in [-0.2, 0) is 11.0 Å². The van der Waals surface area contributed by atoms with Crippen LogP contribution in [0, 0.1) is 11.3 Å². The summed E-state index contributed by atoms with van der Waals surface area (Å²) in [5.41, 5.74) is -0.651. The van der Waals surface area contributed by atoms with Crippen LogP contribution in [0.1, 0.15) is 18.9 Å². The Balaban J connectivity index is 0.000000555. The number of nitrogens with one attached hydrogen (secondary N) is 1. The van der Waals surface area contributed by atoms with E-state index in [9.17, 15) is 18.0 Å². The van der Waals surface area contributed by atoms with E-state index in [1.54, 1.807) is 13.0 Å². The molecule has 0 unspecified atom stereocenters. The average molecular weight is 275 g/mol. The van der Waals surface area contributed by atoms with Gasteiger partial charge in [-0.25, -0.2) is 0 Å². The number of alkyl halides is 3. The van der Waals surface area contributed by atoms with E-state index in [1.165, 1.54) is 6.20 Å². The molecule has 19 heavy (non-hydrogen) atoms. The Morgan fingerprint density at radius 3 is 2.53 bits per heavy atom. The molecule has 1 aromatic rings. The van der Waals surface area contributed by atoms with E-state index in [1.807, 2.05) is 0 Å². The molecule has 0 aliphatic heterocycles. The average Bonchev–Trinajstić information content (AvgIpc) is 2.36. The van der Waals surface area contributed by atoms with Crippen LogP contribution in [0.3, 0.4) is 0 Å². The zero-order valence-electron chi connectivity index (χ0n) is 10.0. The maximum absolute atomic E-state index is 12.2. The smallest absolute Gasteiger partial charge is 0.417 e. The van der Waals surface area contributed by atoms with E-state index >= 15 is 0 Å². The number of pyridine rings is 1. The summed E-state index contributed by atoms with van der Waals surface area (Å²) in [4.78, 5) is 12.8. The first-order valence-corrected chi connectivity index (χ1v) is 5.16. The topological polar surface area (TPSA) is 86.0 Å². The van der Waals surface area contributed by atoms with Crippen LogP contribution in [0.5, 0.6) is 0 Å². The van der Waals surface area contributed by atoms with E-state index in [4.69, 9.17) is 10.4 Å². The molecule has 0 spiro atoms. The first-order valence-electron chi connectivity index (χ1n) is 5.16. The van der Waals surface area contributed by atoms with Gasteiger partial charge in [0.25, 0.3) is 0 Å². The van der Waals surface area contributed by atoms with E-state index in [0.29, 0.717) is 0 Å². The van der Waals surface area contributed by atoms with Crippen molar-refractivity contribution in [2.45, 2.75) is 19.5 Å². The monoisotopic (exact) mass is 275 g/mol. The molecule has 5 nitrogen and oxygen atoms in total. The maximum atomic E-state index is 12.2. The zero-order chi connectivity index (χ0) is 14.9. The van der Waals surface area contributed by atoms with Gasteiger partial charge in [0, 0.05) is 18.8 Å². The number of rotatable bonds is 3. The highest BCUT2D eigenvalue weighted by Crippen LogP contribution is 2.29. The lowest BCUT2D eigenvalue weighted by atomic mass is 10.2. The number of hydrogen-bond acceptors (Lipinski definition) is 4. The summed E-state index contributed by atoms with van der Waals surface area (Å²) in [5, 5.41) is 18.4. The molecule has 1 aromatic heterocycles. The minimum absolute atomic E-state index is 0.0526. The first-order chi connectivity index (χ1) is 8.81. The number of carbonyl (C=O) groups is 1. The summed E-state index contributed by atoms with van der Waals surface area (Å²) in [6.07, 6.45) is -2.22. The normalized spacial score (nSPS) is 9.84. The van der Waals surface area contributed by atoms with Crippen LogP contribution < -0.4 is 5.32 Å². The molecule has 0 aliphatic rings. The highest BCUT2D eigenvalue weighted by Gasteiger charge is 2.30. The Bertz CT molecular complexity index is 455. The lowest BCUT2D eigenvalue weighted by Crippen LogP contribution is -2.07. The summed E-state index contributed by atoms with van der Waals surface area (Å²) >= 11 is 0. The SMILES string of the molecule is CCC(=O)O.N#CCNc1cncc(C(F)(F)F)c1. The molecule has 8 heteroatoms. The molecule has 0 amide bonds. The quantitative estimate of drug-likeness (QED) is 0.828. The number of nitriles is 1. The van der Waals surface area contributed by atoms with Crippen LogP contribution >= 0.6 is 0 Å². The Kier molecular flexibility index (Phi) is 6.96. The highest BCUT2D eigenvalue weighted by atomic mass is 19.4. The second-order valence-electron chi connectivity index (χ2n) is 3.22. The number of aromatic nitrogens is 1. The van der Waals surface area contributed by atoms with Gasteiger partial charge in [-0.1, -0.05) is 6.92 Å². The third-order valence-electron chi connectivity index (χ3n) is 1.74. The molecule has 2 N–H and O–H groups in total. The van der Waals surface area contributed by atoms with Crippen molar-refractivity contribution in [1.82, 2.24) is 4.98 Å². The fourth-order valence-electron chi connectivity index (χ4n) is 0.833. The van der Waals surface area contributed by atoms with Crippen LogP contribution in [0.25, 0.3) is 0 Å². The summed E-state index contributed by atoms with van der Waals surface area (Å²) < 4.78 is 36.5. The number of halogens is 3. The summed E-state index contributed by atoms with van der Waals surface area (Å²) in [5.74, 6) is -0.745. The van der Waals surface area contributed by atoms with E-state index in [-0.39, 0.29) is 18.7 Å². The van der Waals surface area contributed by atoms with Gasteiger partial charge >= 0.3 is 12.1 Å². The molecule has 0 aliphatic carbocycles. The Morgan fingerprint density at radius 1 is 1.53 bits per heavy atom. The van der Waals surface area contributed by atoms with Crippen LogP contribution in [0.15, 0.2) is 18.5 Å². The lowest BCUT2D eigenvalue weighted by Gasteiger charge is -2.07. The van der Waals surface area contributed by atoms with Crippen LogP contribution in [-0.4, -0.2) is 22.6 Å². The molecule has 0 saturated carbocycles. The second kappa shape index (κ2) is 7.92. The molecule has 0 bridgehead atoms. The van der Waals surface area contributed by atoms with Crippen molar-refractivity contribution in [3.63, 3.8) is 0 Å². The first kappa shape index (κ1) is 16.7. The maximum Gasteiger partial charge on any atom is 0.417 e. The summed E-state index contributed by atoms with van der Waals surface area (Å²) in [7, 11) is 0. The van der Waals surface area contributed by atoms with Crippen molar-refractivity contribution in [2.75, 3.05) is 11.9 Å². The molecule has 1 rings (SSSR count). The second-order valence-corrected chi connectivity index (χ2v) is 3.22. The van der Waals surface area contributed by atoms with Gasteiger partial charge in [-0.15, -0.1) is 0 Å². The Hall–Kier alpha value is -2.30. The van der Waals surface area contributed by atoms with Gasteiger partial charge in [-0.05, 0) is 6.07 Å². The van der Waals surface area contributed by atoms with Crippen molar-refractivity contribution in [1.29, 1.82) is 5.26 Å². The number of aliphatic carboxylic acids is 1. The molecule has 0 atom stereocenters. The van der Waals surface area contributed by atoms with E-state index in [0.717, 1.165) is 12.3 Å². The van der Waals surface area contributed by atoms with Gasteiger partial charge in [0.05, 0.1) is 17.3 Å². The minimum atomic E-state index is -4.41. The molecular weight excluding hydrogens is 263 g/mol. The van der Waals surface area contributed by atoms with E-state index in [2.05, 4.69) is 10.3 Å². The van der Waals surface area contributed by atoms with E-state index < -0.39 is 17.7 Å².